The second-order valence-electron chi connectivity index (χ2n) is 4.85. The molecule has 0 aliphatic rings. The van der Waals surface area contributed by atoms with Gasteiger partial charge in [0.05, 0.1) is 5.56 Å². The lowest BCUT2D eigenvalue weighted by Crippen LogP contribution is -2.23. The molecule has 120 valence electrons. The first-order valence-corrected chi connectivity index (χ1v) is 8.19. The fraction of sp³-hybridized carbons (Fsp3) is 0.222. The van der Waals surface area contributed by atoms with Gasteiger partial charge in [0.15, 0.2) is 0 Å². The number of nitrogens with one attached hydrogen (secondary N) is 1. The summed E-state index contributed by atoms with van der Waals surface area (Å²) >= 11 is 1.49. The van der Waals surface area contributed by atoms with E-state index in [2.05, 4.69) is 5.32 Å². The van der Waals surface area contributed by atoms with Gasteiger partial charge in [0.1, 0.15) is 6.61 Å². The van der Waals surface area contributed by atoms with Crippen molar-refractivity contribution in [3.8, 4) is 0 Å². The van der Waals surface area contributed by atoms with Crippen molar-refractivity contribution in [2.75, 3.05) is 6.54 Å². The van der Waals surface area contributed by atoms with Crippen molar-refractivity contribution in [1.29, 1.82) is 0 Å². The summed E-state index contributed by atoms with van der Waals surface area (Å²) in [5, 5.41) is 2.82. The minimum absolute atomic E-state index is 0.0898. The Morgan fingerprint density at radius 3 is 2.39 bits per heavy atom. The highest BCUT2D eigenvalue weighted by atomic mass is 32.2. The SMILES string of the molecule is CCNC(=O)c1ccccc1Sc1ccccc1COC(C)=O. The molecule has 2 aromatic rings. The maximum Gasteiger partial charge on any atom is 0.302 e. The largest absolute Gasteiger partial charge is 0.461 e. The number of amides is 1. The molecule has 0 saturated carbocycles. The second-order valence-corrected chi connectivity index (χ2v) is 5.93. The summed E-state index contributed by atoms with van der Waals surface area (Å²) in [7, 11) is 0. The Morgan fingerprint density at radius 1 is 1.04 bits per heavy atom. The van der Waals surface area contributed by atoms with Crippen molar-refractivity contribution in [3.05, 3.63) is 59.7 Å². The Bertz CT molecular complexity index is 700. The molecule has 0 unspecified atom stereocenters. The van der Waals surface area contributed by atoms with Crippen LogP contribution >= 0.6 is 11.8 Å². The summed E-state index contributed by atoms with van der Waals surface area (Å²) in [6.45, 7) is 4.09. The Kier molecular flexibility index (Phi) is 6.23. The standard InChI is InChI=1S/C18H19NO3S/c1-3-19-18(21)15-9-5-7-11-17(15)23-16-10-6-4-8-14(16)12-22-13(2)20/h4-11H,3,12H2,1-2H3,(H,19,21). The van der Waals surface area contributed by atoms with Gasteiger partial charge < -0.3 is 10.1 Å². The first kappa shape index (κ1) is 17.1. The van der Waals surface area contributed by atoms with Crippen molar-refractivity contribution in [1.82, 2.24) is 5.32 Å². The van der Waals surface area contributed by atoms with Crippen LogP contribution in [0.25, 0.3) is 0 Å². The molecule has 0 atom stereocenters. The molecule has 0 radical (unpaired) electrons. The quantitative estimate of drug-likeness (QED) is 0.822. The van der Waals surface area contributed by atoms with Crippen molar-refractivity contribution < 1.29 is 14.3 Å². The first-order valence-electron chi connectivity index (χ1n) is 7.38. The van der Waals surface area contributed by atoms with Gasteiger partial charge >= 0.3 is 5.97 Å². The molecular formula is C18H19NO3S. The summed E-state index contributed by atoms with van der Waals surface area (Å²) in [6.07, 6.45) is 0. The van der Waals surface area contributed by atoms with Crippen LogP contribution in [0.2, 0.25) is 0 Å². The van der Waals surface area contributed by atoms with Crippen LogP contribution in [-0.2, 0) is 16.1 Å². The molecule has 23 heavy (non-hydrogen) atoms. The van der Waals surface area contributed by atoms with Gasteiger partial charge in [-0.3, -0.25) is 9.59 Å². The van der Waals surface area contributed by atoms with Gasteiger partial charge in [0.2, 0.25) is 0 Å². The molecule has 0 saturated heterocycles. The normalized spacial score (nSPS) is 10.2. The van der Waals surface area contributed by atoms with Gasteiger partial charge in [-0.05, 0) is 25.1 Å². The zero-order valence-electron chi connectivity index (χ0n) is 13.2. The van der Waals surface area contributed by atoms with E-state index in [1.165, 1.54) is 18.7 Å². The third-order valence-corrected chi connectivity index (χ3v) is 4.29. The Morgan fingerprint density at radius 2 is 1.70 bits per heavy atom. The fourth-order valence-electron chi connectivity index (χ4n) is 2.02. The number of ether oxygens (including phenoxy) is 1. The zero-order valence-corrected chi connectivity index (χ0v) is 14.0. The Labute approximate surface area is 140 Å². The van der Waals surface area contributed by atoms with E-state index in [1.54, 1.807) is 0 Å². The smallest absolute Gasteiger partial charge is 0.302 e. The maximum atomic E-state index is 12.2. The van der Waals surface area contributed by atoms with Crippen LogP contribution in [0, 0.1) is 0 Å². The third kappa shape index (κ3) is 4.86. The molecule has 0 aromatic heterocycles. The molecular weight excluding hydrogens is 310 g/mol. The van der Waals surface area contributed by atoms with E-state index >= 15 is 0 Å². The molecule has 0 heterocycles. The van der Waals surface area contributed by atoms with Crippen LogP contribution in [-0.4, -0.2) is 18.4 Å². The van der Waals surface area contributed by atoms with Gasteiger partial charge in [-0.25, -0.2) is 0 Å². The number of carbonyl (C=O) groups excluding carboxylic acids is 2. The molecule has 1 N–H and O–H groups in total. The van der Waals surface area contributed by atoms with Crippen molar-refractivity contribution >= 4 is 23.6 Å². The summed E-state index contributed by atoms with van der Waals surface area (Å²) in [4.78, 5) is 25.0. The average molecular weight is 329 g/mol. The molecule has 0 aliphatic heterocycles. The van der Waals surface area contributed by atoms with E-state index < -0.39 is 0 Å². The van der Waals surface area contributed by atoms with E-state index in [1.807, 2.05) is 55.5 Å². The molecule has 0 fully saturated rings. The highest BCUT2D eigenvalue weighted by Gasteiger charge is 2.13. The van der Waals surface area contributed by atoms with Crippen LogP contribution in [0.3, 0.4) is 0 Å². The predicted octanol–water partition coefficient (Wildman–Crippen LogP) is 3.65. The zero-order chi connectivity index (χ0) is 16.7. The third-order valence-electron chi connectivity index (χ3n) is 3.09. The highest BCUT2D eigenvalue weighted by Crippen LogP contribution is 2.33. The lowest BCUT2D eigenvalue weighted by molar-refractivity contribution is -0.142. The molecule has 4 nitrogen and oxygen atoms in total. The van der Waals surface area contributed by atoms with E-state index in [0.29, 0.717) is 12.1 Å². The number of benzene rings is 2. The van der Waals surface area contributed by atoms with Gasteiger partial charge in [0, 0.05) is 28.8 Å². The minimum atomic E-state index is -0.312. The molecule has 1 amide bonds. The molecule has 5 heteroatoms. The van der Waals surface area contributed by atoms with Crippen LogP contribution in [0.5, 0.6) is 0 Å². The maximum absolute atomic E-state index is 12.2. The fourth-order valence-corrected chi connectivity index (χ4v) is 3.08. The van der Waals surface area contributed by atoms with E-state index in [0.717, 1.165) is 15.4 Å². The first-order chi connectivity index (χ1) is 11.1. The van der Waals surface area contributed by atoms with Crippen molar-refractivity contribution in [2.45, 2.75) is 30.2 Å². The summed E-state index contributed by atoms with van der Waals surface area (Å²) in [5.74, 6) is -0.402. The van der Waals surface area contributed by atoms with Crippen molar-refractivity contribution in [3.63, 3.8) is 0 Å². The summed E-state index contributed by atoms with van der Waals surface area (Å²) < 4.78 is 5.09. The van der Waals surface area contributed by atoms with E-state index in [-0.39, 0.29) is 18.5 Å². The number of rotatable bonds is 6. The van der Waals surface area contributed by atoms with Crippen LogP contribution in [0.15, 0.2) is 58.3 Å². The van der Waals surface area contributed by atoms with Crippen LogP contribution in [0.4, 0.5) is 0 Å². The number of esters is 1. The number of carbonyl (C=O) groups is 2. The Hall–Kier alpha value is -2.27. The second kappa shape index (κ2) is 8.39. The topological polar surface area (TPSA) is 55.4 Å². The van der Waals surface area contributed by atoms with Gasteiger partial charge in [0.25, 0.3) is 5.91 Å². The molecule has 2 aromatic carbocycles. The molecule has 2 rings (SSSR count). The lowest BCUT2D eigenvalue weighted by Gasteiger charge is -2.12. The molecule has 0 bridgehead atoms. The highest BCUT2D eigenvalue weighted by molar-refractivity contribution is 7.99. The van der Waals surface area contributed by atoms with Crippen LogP contribution in [0.1, 0.15) is 29.8 Å². The van der Waals surface area contributed by atoms with Gasteiger partial charge in [-0.15, -0.1) is 0 Å². The number of hydrogen-bond acceptors (Lipinski definition) is 4. The van der Waals surface area contributed by atoms with E-state index in [9.17, 15) is 9.59 Å². The Balaban J connectivity index is 2.26. The summed E-state index contributed by atoms with van der Waals surface area (Å²) in [5.41, 5.74) is 1.56. The average Bonchev–Trinajstić information content (AvgIpc) is 2.54. The monoisotopic (exact) mass is 329 g/mol. The summed E-state index contributed by atoms with van der Waals surface area (Å²) in [6, 6.07) is 15.2. The van der Waals surface area contributed by atoms with Crippen molar-refractivity contribution in [2.24, 2.45) is 0 Å². The lowest BCUT2D eigenvalue weighted by atomic mass is 10.2. The van der Waals surface area contributed by atoms with Gasteiger partial charge in [-0.2, -0.15) is 0 Å². The minimum Gasteiger partial charge on any atom is -0.461 e. The number of hydrogen-bond donors (Lipinski definition) is 1. The molecule has 0 spiro atoms. The van der Waals surface area contributed by atoms with E-state index in [4.69, 9.17) is 4.74 Å². The predicted molar refractivity (Wildman–Crippen MR) is 90.5 cm³/mol. The van der Waals surface area contributed by atoms with Gasteiger partial charge in [-0.1, -0.05) is 42.1 Å². The molecule has 0 aliphatic carbocycles. The van der Waals surface area contributed by atoms with Crippen LogP contribution < -0.4 is 5.32 Å².